The molecule has 0 unspecified atom stereocenters. The standard InChI is InChI=1S/C14H24N4O2S/c1-14(2,3)12(19)15-10-5-7-18(8-6-10)13-16-11(9-20-4)17-21-13/h10H,5-9H2,1-4H3,(H,15,19). The summed E-state index contributed by atoms with van der Waals surface area (Å²) in [5.74, 6) is 0.861. The predicted octanol–water partition coefficient (Wildman–Crippen LogP) is 1.82. The highest BCUT2D eigenvalue weighted by atomic mass is 32.1. The lowest BCUT2D eigenvalue weighted by atomic mass is 9.94. The summed E-state index contributed by atoms with van der Waals surface area (Å²) in [6, 6.07) is 0.263. The third-order valence-corrected chi connectivity index (χ3v) is 4.33. The number of methoxy groups -OCH3 is 1. The van der Waals surface area contributed by atoms with Gasteiger partial charge >= 0.3 is 0 Å². The maximum atomic E-state index is 12.0. The Morgan fingerprint density at radius 2 is 2.10 bits per heavy atom. The Morgan fingerprint density at radius 1 is 1.43 bits per heavy atom. The Morgan fingerprint density at radius 3 is 2.67 bits per heavy atom. The van der Waals surface area contributed by atoms with Crippen molar-refractivity contribution < 1.29 is 9.53 Å². The molecule has 1 aromatic heterocycles. The minimum Gasteiger partial charge on any atom is -0.377 e. The SMILES string of the molecule is COCc1nsc(N2CCC(NC(=O)C(C)(C)C)CC2)n1. The Kier molecular flexibility index (Phi) is 5.16. The molecule has 21 heavy (non-hydrogen) atoms. The zero-order valence-corrected chi connectivity index (χ0v) is 14.0. The van der Waals surface area contributed by atoms with Crippen LogP contribution in [0, 0.1) is 5.41 Å². The molecule has 0 atom stereocenters. The first-order chi connectivity index (χ1) is 9.90. The largest absolute Gasteiger partial charge is 0.377 e. The minimum atomic E-state index is -0.328. The van der Waals surface area contributed by atoms with Gasteiger partial charge in [0.1, 0.15) is 6.61 Å². The topological polar surface area (TPSA) is 67.3 Å². The van der Waals surface area contributed by atoms with E-state index in [0.29, 0.717) is 6.61 Å². The summed E-state index contributed by atoms with van der Waals surface area (Å²) in [5, 5.41) is 4.08. The summed E-state index contributed by atoms with van der Waals surface area (Å²) >= 11 is 1.41. The molecule has 1 aliphatic heterocycles. The van der Waals surface area contributed by atoms with Gasteiger partial charge in [0, 0.05) is 43.2 Å². The van der Waals surface area contributed by atoms with E-state index in [4.69, 9.17) is 4.74 Å². The molecule has 1 saturated heterocycles. The van der Waals surface area contributed by atoms with Crippen molar-refractivity contribution in [2.24, 2.45) is 5.41 Å². The number of hydrogen-bond acceptors (Lipinski definition) is 6. The Hall–Kier alpha value is -1.21. The molecule has 0 aromatic carbocycles. The van der Waals surface area contributed by atoms with Gasteiger partial charge in [-0.15, -0.1) is 0 Å². The normalized spacial score (nSPS) is 17.0. The lowest BCUT2D eigenvalue weighted by Gasteiger charge is -2.33. The van der Waals surface area contributed by atoms with Crippen LogP contribution in [0.5, 0.6) is 0 Å². The van der Waals surface area contributed by atoms with Gasteiger partial charge in [-0.25, -0.2) is 4.98 Å². The van der Waals surface area contributed by atoms with E-state index in [1.807, 2.05) is 20.8 Å². The van der Waals surface area contributed by atoms with Crippen LogP contribution in [-0.2, 0) is 16.1 Å². The number of carbonyl (C=O) groups is 1. The van der Waals surface area contributed by atoms with E-state index in [9.17, 15) is 4.79 Å². The smallest absolute Gasteiger partial charge is 0.225 e. The molecule has 1 aromatic rings. The van der Waals surface area contributed by atoms with E-state index in [-0.39, 0.29) is 17.4 Å². The maximum Gasteiger partial charge on any atom is 0.225 e. The van der Waals surface area contributed by atoms with Crippen LogP contribution in [0.4, 0.5) is 5.13 Å². The molecular weight excluding hydrogens is 288 g/mol. The summed E-state index contributed by atoms with van der Waals surface area (Å²) in [6.45, 7) is 8.07. The van der Waals surface area contributed by atoms with Gasteiger partial charge in [-0.2, -0.15) is 4.37 Å². The van der Waals surface area contributed by atoms with Crippen molar-refractivity contribution in [1.82, 2.24) is 14.7 Å². The van der Waals surface area contributed by atoms with Gasteiger partial charge in [-0.1, -0.05) is 20.8 Å². The van der Waals surface area contributed by atoms with Crippen molar-refractivity contribution >= 4 is 22.6 Å². The molecule has 1 N–H and O–H groups in total. The summed E-state index contributed by atoms with van der Waals surface area (Å²) in [7, 11) is 1.64. The number of aromatic nitrogens is 2. The molecule has 0 aliphatic carbocycles. The van der Waals surface area contributed by atoms with E-state index < -0.39 is 0 Å². The van der Waals surface area contributed by atoms with Gasteiger partial charge < -0.3 is 15.0 Å². The predicted molar refractivity (Wildman–Crippen MR) is 83.5 cm³/mol. The maximum absolute atomic E-state index is 12.0. The number of hydrogen-bond donors (Lipinski definition) is 1. The molecule has 0 spiro atoms. The van der Waals surface area contributed by atoms with E-state index in [2.05, 4.69) is 19.6 Å². The van der Waals surface area contributed by atoms with Crippen molar-refractivity contribution in [3.63, 3.8) is 0 Å². The number of carbonyl (C=O) groups excluding carboxylic acids is 1. The van der Waals surface area contributed by atoms with Gasteiger partial charge in [0.25, 0.3) is 0 Å². The number of piperidine rings is 1. The number of ether oxygens (including phenoxy) is 1. The molecule has 0 radical (unpaired) electrons. The average Bonchev–Trinajstić information content (AvgIpc) is 2.87. The summed E-state index contributed by atoms with van der Waals surface area (Å²) in [4.78, 5) is 18.7. The van der Waals surface area contributed by atoms with Crippen molar-refractivity contribution in [1.29, 1.82) is 0 Å². The highest BCUT2D eigenvalue weighted by Gasteiger charge is 2.27. The number of rotatable bonds is 4. The lowest BCUT2D eigenvalue weighted by molar-refractivity contribution is -0.129. The average molecular weight is 312 g/mol. The second-order valence-corrected chi connectivity index (χ2v) is 7.14. The molecule has 7 heteroatoms. The number of anilines is 1. The molecule has 0 bridgehead atoms. The van der Waals surface area contributed by atoms with Crippen LogP contribution < -0.4 is 10.2 Å². The summed E-state index contributed by atoms with van der Waals surface area (Å²) in [6.07, 6.45) is 1.89. The first kappa shape index (κ1) is 16.2. The lowest BCUT2D eigenvalue weighted by Crippen LogP contribution is -2.47. The van der Waals surface area contributed by atoms with Gasteiger partial charge in [0.2, 0.25) is 11.0 Å². The molecule has 2 heterocycles. The fourth-order valence-corrected chi connectivity index (χ4v) is 2.90. The number of amides is 1. The zero-order valence-electron chi connectivity index (χ0n) is 13.2. The molecular formula is C14H24N4O2S. The van der Waals surface area contributed by atoms with Crippen molar-refractivity contribution in [3.8, 4) is 0 Å². The molecule has 1 aliphatic rings. The van der Waals surface area contributed by atoms with Crippen LogP contribution in [0.2, 0.25) is 0 Å². The van der Waals surface area contributed by atoms with Gasteiger partial charge in [-0.05, 0) is 12.8 Å². The highest BCUT2D eigenvalue weighted by molar-refractivity contribution is 7.09. The minimum absolute atomic E-state index is 0.124. The van der Waals surface area contributed by atoms with Crippen molar-refractivity contribution in [2.45, 2.75) is 46.3 Å². The first-order valence-electron chi connectivity index (χ1n) is 7.27. The third-order valence-electron chi connectivity index (χ3n) is 3.51. The molecule has 1 fully saturated rings. The second-order valence-electron chi connectivity index (χ2n) is 6.41. The molecule has 2 rings (SSSR count). The van der Waals surface area contributed by atoms with Crippen molar-refractivity contribution in [3.05, 3.63) is 5.82 Å². The van der Waals surface area contributed by atoms with Crippen LogP contribution >= 0.6 is 11.5 Å². The van der Waals surface area contributed by atoms with Crippen LogP contribution in [0.15, 0.2) is 0 Å². The van der Waals surface area contributed by atoms with Crippen LogP contribution in [-0.4, -0.2) is 41.5 Å². The van der Waals surface area contributed by atoms with E-state index in [0.717, 1.165) is 36.9 Å². The zero-order chi connectivity index (χ0) is 15.5. The summed E-state index contributed by atoms with van der Waals surface area (Å²) in [5.41, 5.74) is -0.328. The molecule has 0 saturated carbocycles. The van der Waals surface area contributed by atoms with E-state index >= 15 is 0 Å². The van der Waals surface area contributed by atoms with Crippen LogP contribution in [0.1, 0.15) is 39.4 Å². The fraction of sp³-hybridized carbons (Fsp3) is 0.786. The summed E-state index contributed by atoms with van der Waals surface area (Å²) < 4.78 is 9.31. The Labute approximate surface area is 130 Å². The first-order valence-corrected chi connectivity index (χ1v) is 8.05. The Bertz CT molecular complexity index is 476. The quantitative estimate of drug-likeness (QED) is 0.918. The third kappa shape index (κ3) is 4.38. The monoisotopic (exact) mass is 312 g/mol. The van der Waals surface area contributed by atoms with Gasteiger partial charge in [-0.3, -0.25) is 4.79 Å². The van der Waals surface area contributed by atoms with E-state index in [1.165, 1.54) is 11.5 Å². The number of nitrogens with one attached hydrogen (secondary N) is 1. The van der Waals surface area contributed by atoms with Gasteiger partial charge in [0.05, 0.1) is 0 Å². The highest BCUT2D eigenvalue weighted by Crippen LogP contribution is 2.23. The Balaban J connectivity index is 1.84. The molecule has 118 valence electrons. The van der Waals surface area contributed by atoms with Crippen LogP contribution in [0.25, 0.3) is 0 Å². The fourth-order valence-electron chi connectivity index (χ4n) is 2.18. The number of nitrogens with zero attached hydrogens (tertiary/aromatic N) is 3. The van der Waals surface area contributed by atoms with E-state index in [1.54, 1.807) is 7.11 Å². The second kappa shape index (κ2) is 6.70. The van der Waals surface area contributed by atoms with Gasteiger partial charge in [0.15, 0.2) is 5.82 Å². The molecule has 6 nitrogen and oxygen atoms in total. The van der Waals surface area contributed by atoms with Crippen molar-refractivity contribution in [2.75, 3.05) is 25.1 Å². The van der Waals surface area contributed by atoms with Crippen LogP contribution in [0.3, 0.4) is 0 Å². The molecule has 1 amide bonds.